The van der Waals surface area contributed by atoms with E-state index in [9.17, 15) is 14.7 Å². The number of phenols is 1. The van der Waals surface area contributed by atoms with Crippen molar-refractivity contribution in [2.45, 2.75) is 19.9 Å². The van der Waals surface area contributed by atoms with Crippen molar-refractivity contribution in [3.8, 4) is 16.9 Å². The molecule has 3 N–H and O–H groups in total. The van der Waals surface area contributed by atoms with E-state index < -0.39 is 0 Å². The predicted molar refractivity (Wildman–Crippen MR) is 94.9 cm³/mol. The van der Waals surface area contributed by atoms with Crippen LogP contribution in [0.2, 0.25) is 0 Å². The first-order valence-corrected chi connectivity index (χ1v) is 7.90. The number of H-pyrrole nitrogens is 2. The molecule has 128 valence electrons. The van der Waals surface area contributed by atoms with Gasteiger partial charge in [0.2, 0.25) is 0 Å². The third-order valence-corrected chi connectivity index (χ3v) is 4.37. The molecule has 0 radical (unpaired) electrons. The Morgan fingerprint density at radius 3 is 2.48 bits per heavy atom. The molecule has 0 unspecified atom stereocenters. The number of rotatable bonds is 2. The van der Waals surface area contributed by atoms with Gasteiger partial charge in [-0.05, 0) is 31.5 Å². The van der Waals surface area contributed by atoms with Crippen molar-refractivity contribution < 1.29 is 5.11 Å². The summed E-state index contributed by atoms with van der Waals surface area (Å²) < 4.78 is 3.13. The van der Waals surface area contributed by atoms with Gasteiger partial charge in [-0.2, -0.15) is 0 Å². The number of fused-ring (bicyclic) bond motifs is 2. The number of benzene rings is 1. The molecule has 0 saturated heterocycles. The molecule has 0 aliphatic heterocycles. The Labute approximate surface area is 141 Å². The first kappa shape index (κ1) is 15.3. The number of aromatic amines is 2. The lowest BCUT2D eigenvalue weighted by Crippen LogP contribution is -2.12. The molecule has 3 heterocycles. The predicted octanol–water partition coefficient (Wildman–Crippen LogP) is 1.86. The van der Waals surface area contributed by atoms with E-state index in [1.807, 2.05) is 13.8 Å². The van der Waals surface area contributed by atoms with E-state index in [1.54, 1.807) is 36.0 Å². The molecular formula is C17H17N5O3. The second kappa shape index (κ2) is 5.10. The van der Waals surface area contributed by atoms with Crippen LogP contribution in [0.25, 0.3) is 33.3 Å². The van der Waals surface area contributed by atoms with Gasteiger partial charge in [0.15, 0.2) is 11.3 Å². The van der Waals surface area contributed by atoms with Crippen LogP contribution in [-0.4, -0.2) is 29.4 Å². The van der Waals surface area contributed by atoms with Gasteiger partial charge in [0.1, 0.15) is 5.75 Å². The summed E-state index contributed by atoms with van der Waals surface area (Å²) in [6.45, 7) is 3.88. The maximum absolute atomic E-state index is 12.7. The number of aromatic nitrogens is 5. The molecular weight excluding hydrogens is 322 g/mol. The number of nitrogens with one attached hydrogen (secondary N) is 2. The molecule has 0 atom stereocenters. The lowest BCUT2D eigenvalue weighted by Gasteiger charge is -2.10. The van der Waals surface area contributed by atoms with E-state index in [0.717, 1.165) is 5.56 Å². The van der Waals surface area contributed by atoms with Gasteiger partial charge in [0.05, 0.1) is 10.9 Å². The Morgan fingerprint density at radius 1 is 1.16 bits per heavy atom. The van der Waals surface area contributed by atoms with E-state index in [-0.39, 0.29) is 23.0 Å². The first-order chi connectivity index (χ1) is 11.9. The summed E-state index contributed by atoms with van der Waals surface area (Å²) in [5, 5.41) is 12.8. The fraction of sp³-hybridized carbons (Fsp3) is 0.235. The molecule has 0 bridgehead atoms. The summed E-state index contributed by atoms with van der Waals surface area (Å²) in [6.07, 6.45) is 0. The highest BCUT2D eigenvalue weighted by Gasteiger charge is 2.22. The number of hydrogen-bond acceptors (Lipinski definition) is 4. The van der Waals surface area contributed by atoms with E-state index in [0.29, 0.717) is 27.8 Å². The Bertz CT molecular complexity index is 1220. The fourth-order valence-electron chi connectivity index (χ4n) is 3.15. The van der Waals surface area contributed by atoms with Gasteiger partial charge >= 0.3 is 5.69 Å². The smallest absolute Gasteiger partial charge is 0.327 e. The second-order valence-corrected chi connectivity index (χ2v) is 6.32. The number of nitrogens with zero attached hydrogens (tertiary/aromatic N) is 3. The van der Waals surface area contributed by atoms with Crippen LogP contribution in [0.5, 0.6) is 5.75 Å². The molecule has 1 aromatic carbocycles. The number of aromatic hydroxyl groups is 1. The van der Waals surface area contributed by atoms with Crippen LogP contribution in [-0.2, 0) is 7.05 Å². The first-order valence-electron chi connectivity index (χ1n) is 7.90. The SMILES string of the molecule is CC(C)n1[nH]c(=O)c2c(-c3ccc(O)cc3)c3c(nc21)[nH]c(=O)n3C. The Balaban J connectivity index is 2.28. The van der Waals surface area contributed by atoms with Gasteiger partial charge in [-0.3, -0.25) is 24.1 Å². The third-order valence-electron chi connectivity index (χ3n) is 4.37. The number of imidazole rings is 1. The third kappa shape index (κ3) is 2.10. The number of aryl methyl sites for hydroxylation is 1. The average Bonchev–Trinajstić information content (AvgIpc) is 3.04. The van der Waals surface area contributed by atoms with Gasteiger partial charge in [-0.25, -0.2) is 9.78 Å². The van der Waals surface area contributed by atoms with Crippen molar-refractivity contribution in [3.63, 3.8) is 0 Å². The van der Waals surface area contributed by atoms with Crippen LogP contribution in [0.15, 0.2) is 33.9 Å². The van der Waals surface area contributed by atoms with E-state index >= 15 is 0 Å². The van der Waals surface area contributed by atoms with Crippen LogP contribution >= 0.6 is 0 Å². The van der Waals surface area contributed by atoms with Gasteiger partial charge in [-0.1, -0.05) is 12.1 Å². The average molecular weight is 339 g/mol. The standard InChI is InChI=1S/C17H17N5O3/c1-8(2)22-15-12(16(24)20-22)11(9-4-6-10(23)7-5-9)13-14(18-15)19-17(25)21(13)3/h4-8,23H,1-3H3,(H,20,24)(H,18,19,25). The van der Waals surface area contributed by atoms with Gasteiger partial charge in [0.25, 0.3) is 5.56 Å². The molecule has 4 aromatic rings. The maximum Gasteiger partial charge on any atom is 0.327 e. The van der Waals surface area contributed by atoms with Crippen LogP contribution in [0, 0.1) is 0 Å². The fourth-order valence-corrected chi connectivity index (χ4v) is 3.15. The number of phenolic OH excluding ortho intramolecular Hbond substituents is 1. The van der Waals surface area contributed by atoms with Crippen molar-refractivity contribution in [3.05, 3.63) is 45.1 Å². The quantitative estimate of drug-likeness (QED) is 0.518. The monoisotopic (exact) mass is 339 g/mol. The zero-order chi connectivity index (χ0) is 17.9. The maximum atomic E-state index is 12.7. The molecule has 0 spiro atoms. The minimum absolute atomic E-state index is 0.00162. The molecule has 0 aliphatic carbocycles. The number of pyridine rings is 1. The summed E-state index contributed by atoms with van der Waals surface area (Å²) in [6, 6.07) is 6.52. The Morgan fingerprint density at radius 2 is 1.84 bits per heavy atom. The normalized spacial score (nSPS) is 11.8. The van der Waals surface area contributed by atoms with Gasteiger partial charge in [-0.15, -0.1) is 0 Å². The highest BCUT2D eigenvalue weighted by atomic mass is 16.3. The molecule has 4 rings (SSSR count). The van der Waals surface area contributed by atoms with Crippen LogP contribution < -0.4 is 11.2 Å². The van der Waals surface area contributed by atoms with Crippen LogP contribution in [0.1, 0.15) is 19.9 Å². The lowest BCUT2D eigenvalue weighted by molar-refractivity contribution is 0.475. The summed E-state index contributed by atoms with van der Waals surface area (Å²) in [5.41, 5.74) is 2.21. The van der Waals surface area contributed by atoms with Crippen molar-refractivity contribution in [1.29, 1.82) is 0 Å². The summed E-state index contributed by atoms with van der Waals surface area (Å²) in [7, 11) is 1.63. The van der Waals surface area contributed by atoms with Crippen molar-refractivity contribution >= 4 is 22.2 Å². The molecule has 0 saturated carbocycles. The van der Waals surface area contributed by atoms with E-state index in [2.05, 4.69) is 15.1 Å². The number of hydrogen-bond donors (Lipinski definition) is 3. The molecule has 0 fully saturated rings. The molecule has 3 aromatic heterocycles. The minimum atomic E-state index is -0.303. The summed E-state index contributed by atoms with van der Waals surface area (Å²) in [5.74, 6) is 0.127. The van der Waals surface area contributed by atoms with Crippen molar-refractivity contribution in [2.24, 2.45) is 7.05 Å². The molecule has 25 heavy (non-hydrogen) atoms. The van der Waals surface area contributed by atoms with Crippen molar-refractivity contribution in [1.82, 2.24) is 24.3 Å². The van der Waals surface area contributed by atoms with Crippen LogP contribution in [0.4, 0.5) is 0 Å². The molecule has 0 aliphatic rings. The van der Waals surface area contributed by atoms with Crippen LogP contribution in [0.3, 0.4) is 0 Å². The van der Waals surface area contributed by atoms with Gasteiger partial charge in [0, 0.05) is 18.7 Å². The second-order valence-electron chi connectivity index (χ2n) is 6.32. The molecule has 8 heteroatoms. The molecule has 8 nitrogen and oxygen atoms in total. The summed E-state index contributed by atoms with van der Waals surface area (Å²) >= 11 is 0. The zero-order valence-corrected chi connectivity index (χ0v) is 14.0. The zero-order valence-electron chi connectivity index (χ0n) is 14.0. The van der Waals surface area contributed by atoms with Gasteiger partial charge < -0.3 is 5.11 Å². The summed E-state index contributed by atoms with van der Waals surface area (Å²) in [4.78, 5) is 32.0. The van der Waals surface area contributed by atoms with E-state index in [4.69, 9.17) is 0 Å². The highest BCUT2D eigenvalue weighted by molar-refractivity contribution is 6.06. The molecule has 0 amide bonds. The van der Waals surface area contributed by atoms with E-state index in [1.165, 1.54) is 4.57 Å². The lowest BCUT2D eigenvalue weighted by atomic mass is 10.0. The highest BCUT2D eigenvalue weighted by Crippen LogP contribution is 2.33. The Kier molecular flexibility index (Phi) is 3.11. The largest absolute Gasteiger partial charge is 0.508 e. The topological polar surface area (TPSA) is 109 Å². The minimum Gasteiger partial charge on any atom is -0.508 e. The van der Waals surface area contributed by atoms with Crippen molar-refractivity contribution in [2.75, 3.05) is 0 Å². The Hall–Kier alpha value is -3.29.